The predicted molar refractivity (Wildman–Crippen MR) is 78.8 cm³/mol. The van der Waals surface area contributed by atoms with Crippen molar-refractivity contribution < 1.29 is 0 Å². The molecule has 1 rings (SSSR count). The second-order valence-corrected chi connectivity index (χ2v) is 4.89. The average molecular weight is 245 g/mol. The Bertz CT molecular complexity index is 450. The number of hydrogen-bond donors (Lipinski definition) is 2. The molecule has 18 heavy (non-hydrogen) atoms. The summed E-state index contributed by atoms with van der Waals surface area (Å²) in [6.45, 7) is 13.4. The first kappa shape index (κ1) is 14.3. The van der Waals surface area contributed by atoms with Crippen LogP contribution in [-0.4, -0.2) is 12.5 Å². The Balaban J connectivity index is 2.74. The summed E-state index contributed by atoms with van der Waals surface area (Å²) in [5.41, 5.74) is 11.9. The van der Waals surface area contributed by atoms with Crippen molar-refractivity contribution >= 4 is 5.96 Å². The highest BCUT2D eigenvalue weighted by Crippen LogP contribution is 2.17. The Kier molecular flexibility index (Phi) is 4.95. The fourth-order valence-corrected chi connectivity index (χ4v) is 1.92. The minimum absolute atomic E-state index is 0.470. The number of benzene rings is 1. The van der Waals surface area contributed by atoms with Gasteiger partial charge in [-0.25, -0.2) is 4.99 Å². The first-order valence-electron chi connectivity index (χ1n) is 6.15. The molecule has 0 saturated heterocycles. The molecule has 1 aromatic rings. The van der Waals surface area contributed by atoms with E-state index >= 15 is 0 Å². The van der Waals surface area contributed by atoms with E-state index in [0.717, 1.165) is 5.57 Å². The van der Waals surface area contributed by atoms with Gasteiger partial charge in [0.25, 0.3) is 0 Å². The van der Waals surface area contributed by atoms with E-state index in [1.807, 2.05) is 6.92 Å². The van der Waals surface area contributed by atoms with Crippen molar-refractivity contribution in [1.29, 1.82) is 0 Å². The van der Waals surface area contributed by atoms with Crippen LogP contribution in [0.5, 0.6) is 0 Å². The van der Waals surface area contributed by atoms with E-state index in [4.69, 9.17) is 5.73 Å². The monoisotopic (exact) mass is 245 g/mol. The minimum atomic E-state index is 0.470. The molecule has 98 valence electrons. The number of nitrogens with two attached hydrogens (primary N) is 1. The smallest absolute Gasteiger partial charge is 0.189 e. The Morgan fingerprint density at radius 1 is 1.28 bits per heavy atom. The molecule has 0 unspecified atom stereocenters. The maximum Gasteiger partial charge on any atom is 0.189 e. The standard InChI is InChI=1S/C15H23N3/c1-10(2)8-17-15(16)18-9-14-12(4)6-11(3)7-13(14)5/h6-7H,1,8-9H2,2-5H3,(H3,16,17,18). The molecule has 3 nitrogen and oxygen atoms in total. The number of aliphatic imine (C=N–C) groups is 1. The number of nitrogens with zero attached hydrogens (tertiary/aromatic N) is 1. The third-order valence-electron chi connectivity index (χ3n) is 2.82. The van der Waals surface area contributed by atoms with Gasteiger partial charge in [0.2, 0.25) is 0 Å². The normalized spacial score (nSPS) is 11.4. The number of guanidine groups is 1. The average Bonchev–Trinajstić information content (AvgIpc) is 2.24. The summed E-state index contributed by atoms with van der Waals surface area (Å²) in [6.07, 6.45) is 0. The lowest BCUT2D eigenvalue weighted by atomic mass is 10.00. The van der Waals surface area contributed by atoms with Crippen molar-refractivity contribution in [3.05, 3.63) is 46.5 Å². The van der Waals surface area contributed by atoms with Crippen molar-refractivity contribution in [2.45, 2.75) is 34.2 Å². The molecule has 3 N–H and O–H groups in total. The molecule has 0 fully saturated rings. The van der Waals surface area contributed by atoms with Gasteiger partial charge in [-0.05, 0) is 44.4 Å². The van der Waals surface area contributed by atoms with Crippen molar-refractivity contribution in [3.63, 3.8) is 0 Å². The van der Waals surface area contributed by atoms with Gasteiger partial charge >= 0.3 is 0 Å². The Morgan fingerprint density at radius 3 is 2.33 bits per heavy atom. The Labute approximate surface area is 110 Å². The Morgan fingerprint density at radius 2 is 1.83 bits per heavy atom. The van der Waals surface area contributed by atoms with Crippen molar-refractivity contribution in [2.24, 2.45) is 10.7 Å². The van der Waals surface area contributed by atoms with Crippen LogP contribution in [0.25, 0.3) is 0 Å². The molecular formula is C15H23N3. The summed E-state index contributed by atoms with van der Waals surface area (Å²) in [7, 11) is 0. The summed E-state index contributed by atoms with van der Waals surface area (Å²) in [6, 6.07) is 4.35. The van der Waals surface area contributed by atoms with Crippen LogP contribution in [0.2, 0.25) is 0 Å². The molecule has 0 saturated carbocycles. The largest absolute Gasteiger partial charge is 0.370 e. The number of rotatable bonds is 4. The second-order valence-electron chi connectivity index (χ2n) is 4.89. The molecule has 0 aliphatic rings. The van der Waals surface area contributed by atoms with Crippen LogP contribution in [-0.2, 0) is 6.54 Å². The van der Waals surface area contributed by atoms with E-state index in [1.54, 1.807) is 0 Å². The van der Waals surface area contributed by atoms with Crippen LogP contribution >= 0.6 is 0 Å². The molecule has 0 amide bonds. The highest BCUT2D eigenvalue weighted by Gasteiger charge is 2.03. The topological polar surface area (TPSA) is 50.4 Å². The van der Waals surface area contributed by atoms with Crippen LogP contribution in [0, 0.1) is 20.8 Å². The van der Waals surface area contributed by atoms with Crippen LogP contribution in [0.15, 0.2) is 29.3 Å². The second kappa shape index (κ2) is 6.24. The highest BCUT2D eigenvalue weighted by molar-refractivity contribution is 5.78. The van der Waals surface area contributed by atoms with Gasteiger partial charge in [0, 0.05) is 6.54 Å². The zero-order valence-corrected chi connectivity index (χ0v) is 11.8. The third kappa shape index (κ3) is 4.24. The van der Waals surface area contributed by atoms with Crippen molar-refractivity contribution in [3.8, 4) is 0 Å². The maximum absolute atomic E-state index is 5.80. The summed E-state index contributed by atoms with van der Waals surface area (Å²) in [4.78, 5) is 4.36. The van der Waals surface area contributed by atoms with Gasteiger partial charge in [0.05, 0.1) is 6.54 Å². The lowest BCUT2D eigenvalue weighted by molar-refractivity contribution is 0.932. The van der Waals surface area contributed by atoms with E-state index < -0.39 is 0 Å². The molecule has 3 heteroatoms. The lowest BCUT2D eigenvalue weighted by Crippen LogP contribution is -2.32. The quantitative estimate of drug-likeness (QED) is 0.486. The molecule has 0 bridgehead atoms. The van der Waals surface area contributed by atoms with Crippen LogP contribution in [0.1, 0.15) is 29.2 Å². The van der Waals surface area contributed by atoms with E-state index in [0.29, 0.717) is 19.0 Å². The molecule has 0 spiro atoms. The SMILES string of the molecule is C=C(C)CNC(N)=NCc1c(C)cc(C)cc1C. The summed E-state index contributed by atoms with van der Waals surface area (Å²) < 4.78 is 0. The van der Waals surface area contributed by atoms with Gasteiger partial charge in [-0.3, -0.25) is 0 Å². The predicted octanol–water partition coefficient (Wildman–Crippen LogP) is 2.59. The van der Waals surface area contributed by atoms with Crippen molar-refractivity contribution in [1.82, 2.24) is 5.32 Å². The summed E-state index contributed by atoms with van der Waals surface area (Å²) in [5, 5.41) is 3.03. The Hall–Kier alpha value is -1.77. The molecule has 0 radical (unpaired) electrons. The van der Waals surface area contributed by atoms with Gasteiger partial charge in [0.15, 0.2) is 5.96 Å². The fraction of sp³-hybridized carbons (Fsp3) is 0.400. The van der Waals surface area contributed by atoms with Gasteiger partial charge in [-0.2, -0.15) is 0 Å². The molecule has 0 atom stereocenters. The molecule has 0 aliphatic heterocycles. The number of aryl methyl sites for hydroxylation is 3. The van der Waals surface area contributed by atoms with Gasteiger partial charge in [-0.1, -0.05) is 29.8 Å². The number of nitrogens with one attached hydrogen (secondary N) is 1. The van der Waals surface area contributed by atoms with E-state index in [9.17, 15) is 0 Å². The van der Waals surface area contributed by atoms with Gasteiger partial charge < -0.3 is 11.1 Å². The zero-order valence-electron chi connectivity index (χ0n) is 11.8. The van der Waals surface area contributed by atoms with E-state index in [1.165, 1.54) is 22.3 Å². The number of hydrogen-bond acceptors (Lipinski definition) is 1. The first-order valence-corrected chi connectivity index (χ1v) is 6.15. The fourth-order valence-electron chi connectivity index (χ4n) is 1.92. The maximum atomic E-state index is 5.80. The summed E-state index contributed by atoms with van der Waals surface area (Å²) >= 11 is 0. The highest BCUT2D eigenvalue weighted by atomic mass is 15.1. The van der Waals surface area contributed by atoms with Crippen LogP contribution in [0.4, 0.5) is 0 Å². The first-order chi connectivity index (χ1) is 8.40. The van der Waals surface area contributed by atoms with Gasteiger partial charge in [-0.15, -0.1) is 0 Å². The molecule has 1 aromatic carbocycles. The minimum Gasteiger partial charge on any atom is -0.370 e. The van der Waals surface area contributed by atoms with Crippen LogP contribution in [0.3, 0.4) is 0 Å². The molecule has 0 heterocycles. The van der Waals surface area contributed by atoms with E-state index in [2.05, 4.69) is 49.8 Å². The zero-order chi connectivity index (χ0) is 13.7. The third-order valence-corrected chi connectivity index (χ3v) is 2.82. The van der Waals surface area contributed by atoms with E-state index in [-0.39, 0.29) is 0 Å². The molecular weight excluding hydrogens is 222 g/mol. The summed E-state index contributed by atoms with van der Waals surface area (Å²) in [5.74, 6) is 0.470. The molecule has 0 aliphatic carbocycles. The van der Waals surface area contributed by atoms with Crippen molar-refractivity contribution in [2.75, 3.05) is 6.54 Å². The van der Waals surface area contributed by atoms with Gasteiger partial charge in [0.1, 0.15) is 0 Å². The van der Waals surface area contributed by atoms with Crippen LogP contribution < -0.4 is 11.1 Å². The lowest BCUT2D eigenvalue weighted by Gasteiger charge is -2.10. The molecule has 0 aromatic heterocycles.